The molecule has 0 unspecified atom stereocenters. The van der Waals surface area contributed by atoms with Crippen LogP contribution in [-0.4, -0.2) is 0 Å². The van der Waals surface area contributed by atoms with E-state index in [9.17, 15) is 0 Å². The number of benzene rings is 11. The number of hydrogen-bond donors (Lipinski definition) is 0. The molecule has 0 spiro atoms. The van der Waals surface area contributed by atoms with E-state index in [2.05, 4.69) is 194 Å². The van der Waals surface area contributed by atoms with E-state index >= 15 is 0 Å². The van der Waals surface area contributed by atoms with Gasteiger partial charge >= 0.3 is 0 Å². The molecule has 2 aromatic heterocycles. The Kier molecular flexibility index (Phi) is 6.86. The molecule has 0 nitrogen and oxygen atoms in total. The summed E-state index contributed by atoms with van der Waals surface area (Å²) in [5.41, 5.74) is 7.64. The Hall–Kier alpha value is -6.84. The van der Waals surface area contributed by atoms with E-state index in [4.69, 9.17) is 0 Å². The maximum absolute atomic E-state index is 2.43. The maximum Gasteiger partial charge on any atom is 0.0534 e. The van der Waals surface area contributed by atoms with Crippen LogP contribution in [0.15, 0.2) is 194 Å². The van der Waals surface area contributed by atoms with Gasteiger partial charge in [-0.05, 0) is 93.3 Å². The van der Waals surface area contributed by atoms with Gasteiger partial charge < -0.3 is 0 Å². The van der Waals surface area contributed by atoms with Crippen LogP contribution in [0.2, 0.25) is 0 Å². The third-order valence-corrected chi connectivity index (χ3v) is 15.1. The second-order valence-electron chi connectivity index (χ2n) is 15.5. The van der Waals surface area contributed by atoms with Crippen molar-refractivity contribution in [2.24, 2.45) is 0 Å². The zero-order valence-corrected chi connectivity index (χ0v) is 32.9. The van der Waals surface area contributed by atoms with Crippen LogP contribution in [0.1, 0.15) is 0 Å². The highest BCUT2D eigenvalue weighted by molar-refractivity contribution is 7.34. The molecule has 2 heterocycles. The molecule has 0 amide bonds. The molecular formula is C56H32S2. The number of hydrogen-bond acceptors (Lipinski definition) is 2. The standard InChI is InChI=1S/C56H32S2/c1-3-15-36-33(12-1)14-11-23-42(36)52-43-19-7-9-21-45(43)53(46-22-10-8-20-44(46)52)47-29-28-37(39-17-5-6-18-40(39)47)35-25-26-41-48-30-31-50-49-27-24-34-13-2-4-16-38(34)54(49)58-56(50)55(48)57-51(41)32-35/h1-32H. The summed E-state index contributed by atoms with van der Waals surface area (Å²) in [5, 5.41) is 18.2. The minimum absolute atomic E-state index is 1.25. The van der Waals surface area contributed by atoms with Crippen LogP contribution in [0.3, 0.4) is 0 Å². The Balaban J connectivity index is 1.02. The zero-order chi connectivity index (χ0) is 37.9. The molecule has 2 heteroatoms. The largest absolute Gasteiger partial charge is 0.134 e. The summed E-state index contributed by atoms with van der Waals surface area (Å²) in [6, 6.07) is 72.4. The highest BCUT2D eigenvalue weighted by Gasteiger charge is 2.21. The Morgan fingerprint density at radius 3 is 1.38 bits per heavy atom. The van der Waals surface area contributed by atoms with E-state index < -0.39 is 0 Å². The molecule has 0 bridgehead atoms. The van der Waals surface area contributed by atoms with Crippen molar-refractivity contribution >= 4 is 117 Å². The van der Waals surface area contributed by atoms with Crippen LogP contribution >= 0.6 is 22.7 Å². The molecule has 0 aliphatic carbocycles. The van der Waals surface area contributed by atoms with Crippen LogP contribution in [0.4, 0.5) is 0 Å². The monoisotopic (exact) mass is 768 g/mol. The quantitative estimate of drug-likeness (QED) is 0.157. The zero-order valence-electron chi connectivity index (χ0n) is 31.3. The summed E-state index contributed by atoms with van der Waals surface area (Å²) in [6.45, 7) is 0. The molecule has 0 saturated carbocycles. The molecule has 0 N–H and O–H groups in total. The lowest BCUT2D eigenvalue weighted by atomic mass is 9.83. The van der Waals surface area contributed by atoms with Crippen molar-refractivity contribution in [3.8, 4) is 33.4 Å². The Morgan fingerprint density at radius 2 is 0.690 bits per heavy atom. The van der Waals surface area contributed by atoms with Gasteiger partial charge in [-0.25, -0.2) is 0 Å². The highest BCUT2D eigenvalue weighted by Crippen LogP contribution is 2.49. The Bertz CT molecular complexity index is 3800. The van der Waals surface area contributed by atoms with Crippen LogP contribution in [-0.2, 0) is 0 Å². The molecule has 11 aromatic carbocycles. The molecule has 0 aliphatic rings. The van der Waals surface area contributed by atoms with Crippen molar-refractivity contribution in [2.45, 2.75) is 0 Å². The van der Waals surface area contributed by atoms with Crippen molar-refractivity contribution in [1.82, 2.24) is 0 Å². The third-order valence-electron chi connectivity index (χ3n) is 12.5. The van der Waals surface area contributed by atoms with Gasteiger partial charge in [-0.2, -0.15) is 0 Å². The fourth-order valence-electron chi connectivity index (χ4n) is 9.88. The second-order valence-corrected chi connectivity index (χ2v) is 17.5. The normalized spacial score (nSPS) is 12.1. The average Bonchev–Trinajstić information content (AvgIpc) is 3.86. The molecule has 0 radical (unpaired) electrons. The first kappa shape index (κ1) is 32.3. The lowest BCUT2D eigenvalue weighted by molar-refractivity contribution is 1.67. The molecule has 13 rings (SSSR count). The molecule has 0 fully saturated rings. The van der Waals surface area contributed by atoms with E-state index in [1.165, 1.54) is 128 Å². The minimum Gasteiger partial charge on any atom is -0.134 e. The van der Waals surface area contributed by atoms with Crippen molar-refractivity contribution in [2.75, 3.05) is 0 Å². The molecule has 268 valence electrons. The summed E-state index contributed by atoms with van der Waals surface area (Å²) in [7, 11) is 0. The van der Waals surface area contributed by atoms with Gasteiger partial charge in [0.2, 0.25) is 0 Å². The second kappa shape index (κ2) is 12.3. The molecule has 13 aromatic rings. The maximum atomic E-state index is 2.43. The SMILES string of the molecule is c1ccc2c(-c3c4ccccc4c(-c4ccc(-c5ccc6c(c5)sc5c6ccc6c7ccc8ccccc8c7sc65)c5ccccc45)c4ccccc34)cccc2c1. The van der Waals surface area contributed by atoms with E-state index in [-0.39, 0.29) is 0 Å². The summed E-state index contributed by atoms with van der Waals surface area (Å²) in [5.74, 6) is 0. The Labute approximate surface area is 342 Å². The summed E-state index contributed by atoms with van der Waals surface area (Å²) in [4.78, 5) is 0. The predicted octanol–water partition coefficient (Wildman–Crippen LogP) is 17.2. The molecule has 58 heavy (non-hydrogen) atoms. The topological polar surface area (TPSA) is 0 Å². The van der Waals surface area contributed by atoms with E-state index in [0.29, 0.717) is 0 Å². The minimum atomic E-state index is 1.25. The van der Waals surface area contributed by atoms with Crippen molar-refractivity contribution in [3.63, 3.8) is 0 Å². The Morgan fingerprint density at radius 1 is 0.241 bits per heavy atom. The predicted molar refractivity (Wildman–Crippen MR) is 256 cm³/mol. The van der Waals surface area contributed by atoms with Crippen molar-refractivity contribution < 1.29 is 0 Å². The van der Waals surface area contributed by atoms with Crippen molar-refractivity contribution in [1.29, 1.82) is 0 Å². The highest BCUT2D eigenvalue weighted by atomic mass is 32.1. The van der Waals surface area contributed by atoms with Gasteiger partial charge in [-0.1, -0.05) is 188 Å². The van der Waals surface area contributed by atoms with Crippen LogP contribution < -0.4 is 0 Å². The van der Waals surface area contributed by atoms with Gasteiger partial charge in [0.1, 0.15) is 0 Å². The number of rotatable bonds is 3. The summed E-state index contributed by atoms with van der Waals surface area (Å²) in [6.07, 6.45) is 0. The van der Waals surface area contributed by atoms with Crippen molar-refractivity contribution in [3.05, 3.63) is 194 Å². The average molecular weight is 769 g/mol. The summed E-state index contributed by atoms with van der Waals surface area (Å²) >= 11 is 3.89. The van der Waals surface area contributed by atoms with Gasteiger partial charge in [0.05, 0.1) is 9.40 Å². The first-order valence-electron chi connectivity index (χ1n) is 19.9. The fourth-order valence-corrected chi connectivity index (χ4v) is 12.6. The van der Waals surface area contributed by atoms with Crippen LogP contribution in [0.25, 0.3) is 128 Å². The lowest BCUT2D eigenvalue weighted by Gasteiger charge is -2.20. The number of fused-ring (bicyclic) bond motifs is 13. The fraction of sp³-hybridized carbons (Fsp3) is 0. The number of thiophene rings is 2. The van der Waals surface area contributed by atoms with Gasteiger partial charge in [0.25, 0.3) is 0 Å². The molecular weight excluding hydrogens is 737 g/mol. The lowest BCUT2D eigenvalue weighted by Crippen LogP contribution is -1.93. The molecule has 0 aliphatic heterocycles. The van der Waals surface area contributed by atoms with E-state index in [0.717, 1.165) is 0 Å². The van der Waals surface area contributed by atoms with Gasteiger partial charge in [0, 0.05) is 30.9 Å². The van der Waals surface area contributed by atoms with Gasteiger partial charge in [-0.3, -0.25) is 0 Å². The third kappa shape index (κ3) is 4.56. The van der Waals surface area contributed by atoms with Gasteiger partial charge in [-0.15, -0.1) is 22.7 Å². The van der Waals surface area contributed by atoms with Gasteiger partial charge in [0.15, 0.2) is 0 Å². The first-order chi connectivity index (χ1) is 28.8. The van der Waals surface area contributed by atoms with Crippen LogP contribution in [0, 0.1) is 0 Å². The smallest absolute Gasteiger partial charge is 0.0534 e. The van der Waals surface area contributed by atoms with E-state index in [1.54, 1.807) is 0 Å². The molecule has 0 atom stereocenters. The van der Waals surface area contributed by atoms with E-state index in [1.807, 2.05) is 22.7 Å². The van der Waals surface area contributed by atoms with Crippen LogP contribution in [0.5, 0.6) is 0 Å². The molecule has 0 saturated heterocycles. The summed E-state index contributed by atoms with van der Waals surface area (Å²) < 4.78 is 5.50. The first-order valence-corrected chi connectivity index (χ1v) is 21.6.